The highest BCUT2D eigenvalue weighted by Crippen LogP contribution is 2.33. The van der Waals surface area contributed by atoms with Crippen LogP contribution in [0.1, 0.15) is 40.9 Å². The number of ether oxygens (including phenoxy) is 1. The Kier molecular flexibility index (Phi) is 7.20. The van der Waals surface area contributed by atoms with E-state index in [2.05, 4.69) is 5.32 Å². The minimum Gasteiger partial charge on any atom is -0.481 e. The molecule has 2 aromatic carbocycles. The van der Waals surface area contributed by atoms with Crippen LogP contribution in [0.15, 0.2) is 40.8 Å². The Morgan fingerprint density at radius 3 is 2.42 bits per heavy atom. The highest BCUT2D eigenvalue weighted by atomic mass is 35.5. The number of benzene rings is 2. The number of carbonyl (C=O) groups excluding carboxylic acids is 2. The Labute approximate surface area is 187 Å². The minimum absolute atomic E-state index is 0.0149. The number of hydrogen-bond donors (Lipinski definition) is 2. The number of aryl methyl sites for hydroxylation is 1. The Bertz CT molecular complexity index is 1130. The molecule has 1 aromatic heterocycles. The van der Waals surface area contributed by atoms with E-state index in [1.807, 2.05) is 0 Å². The van der Waals surface area contributed by atoms with E-state index in [4.69, 9.17) is 37.5 Å². The summed E-state index contributed by atoms with van der Waals surface area (Å²) in [6.45, 7) is 1.70. The molecule has 1 amide bonds. The van der Waals surface area contributed by atoms with Crippen LogP contribution in [0.3, 0.4) is 0 Å². The number of fused-ring (bicyclic) bond motifs is 1. The second kappa shape index (κ2) is 9.85. The molecule has 3 aromatic rings. The monoisotopic (exact) mass is 463 g/mol. The van der Waals surface area contributed by atoms with Gasteiger partial charge in [-0.3, -0.25) is 14.4 Å². The molecule has 0 fully saturated rings. The van der Waals surface area contributed by atoms with E-state index in [0.29, 0.717) is 28.0 Å². The number of rotatable bonds is 8. The van der Waals surface area contributed by atoms with E-state index in [1.54, 1.807) is 43.3 Å². The molecule has 0 aliphatic heterocycles. The lowest BCUT2D eigenvalue weighted by Gasteiger charge is -2.09. The fraction of sp³-hybridized carbons (Fsp3) is 0.227. The SMILES string of the molecule is Cc1oc2c(NC(=O)c3c(Cl)cccc3Cl)cccc2c1COC(=O)CCCC(=O)O. The van der Waals surface area contributed by atoms with Gasteiger partial charge in [-0.15, -0.1) is 0 Å². The zero-order valence-corrected chi connectivity index (χ0v) is 18.0. The summed E-state index contributed by atoms with van der Waals surface area (Å²) in [4.78, 5) is 35.1. The molecule has 0 spiro atoms. The van der Waals surface area contributed by atoms with Gasteiger partial charge in [0.2, 0.25) is 0 Å². The van der Waals surface area contributed by atoms with Gasteiger partial charge in [-0.1, -0.05) is 41.4 Å². The number of hydrogen-bond acceptors (Lipinski definition) is 5. The van der Waals surface area contributed by atoms with Gasteiger partial charge in [0.15, 0.2) is 5.58 Å². The second-order valence-electron chi connectivity index (χ2n) is 6.78. The van der Waals surface area contributed by atoms with Crippen LogP contribution >= 0.6 is 23.2 Å². The first-order valence-electron chi connectivity index (χ1n) is 9.41. The molecule has 0 saturated heterocycles. The van der Waals surface area contributed by atoms with Crippen molar-refractivity contribution in [2.75, 3.05) is 5.32 Å². The van der Waals surface area contributed by atoms with E-state index in [1.165, 1.54) is 0 Å². The van der Waals surface area contributed by atoms with Gasteiger partial charge in [-0.2, -0.15) is 0 Å². The fourth-order valence-electron chi connectivity index (χ4n) is 3.08. The number of amides is 1. The molecule has 0 radical (unpaired) electrons. The summed E-state index contributed by atoms with van der Waals surface area (Å²) in [5.74, 6) is -1.40. The van der Waals surface area contributed by atoms with Crippen molar-refractivity contribution < 1.29 is 28.6 Å². The molecule has 1 heterocycles. The lowest BCUT2D eigenvalue weighted by atomic mass is 10.1. The van der Waals surface area contributed by atoms with Gasteiger partial charge < -0.3 is 19.6 Å². The largest absolute Gasteiger partial charge is 0.481 e. The van der Waals surface area contributed by atoms with Gasteiger partial charge in [-0.05, 0) is 31.5 Å². The molecule has 0 saturated carbocycles. The highest BCUT2D eigenvalue weighted by Gasteiger charge is 2.19. The van der Waals surface area contributed by atoms with Crippen LogP contribution in [0.5, 0.6) is 0 Å². The quantitative estimate of drug-likeness (QED) is 0.421. The third-order valence-electron chi connectivity index (χ3n) is 4.61. The van der Waals surface area contributed by atoms with Crippen molar-refractivity contribution in [1.29, 1.82) is 0 Å². The third kappa shape index (κ3) is 5.37. The van der Waals surface area contributed by atoms with Crippen LogP contribution in [-0.2, 0) is 20.9 Å². The average molecular weight is 464 g/mol. The van der Waals surface area contributed by atoms with E-state index in [-0.39, 0.29) is 41.5 Å². The summed E-state index contributed by atoms with van der Waals surface area (Å²) in [5, 5.41) is 12.5. The summed E-state index contributed by atoms with van der Waals surface area (Å²) in [7, 11) is 0. The molecule has 0 atom stereocenters. The predicted molar refractivity (Wildman–Crippen MR) is 117 cm³/mol. The first kappa shape index (κ1) is 22.7. The van der Waals surface area contributed by atoms with Gasteiger partial charge in [0.1, 0.15) is 12.4 Å². The first-order chi connectivity index (χ1) is 14.8. The van der Waals surface area contributed by atoms with Crippen molar-refractivity contribution in [3.63, 3.8) is 0 Å². The minimum atomic E-state index is -0.961. The number of aliphatic carboxylic acids is 1. The van der Waals surface area contributed by atoms with Crippen molar-refractivity contribution in [2.45, 2.75) is 32.8 Å². The van der Waals surface area contributed by atoms with Crippen molar-refractivity contribution >= 4 is 57.7 Å². The molecule has 0 aliphatic rings. The van der Waals surface area contributed by atoms with Crippen LogP contribution in [-0.4, -0.2) is 23.0 Å². The van der Waals surface area contributed by atoms with Crippen LogP contribution in [0, 0.1) is 6.92 Å². The van der Waals surface area contributed by atoms with Crippen LogP contribution in [0.4, 0.5) is 5.69 Å². The van der Waals surface area contributed by atoms with Crippen molar-refractivity contribution in [2.24, 2.45) is 0 Å². The van der Waals surface area contributed by atoms with Gasteiger partial charge >= 0.3 is 11.9 Å². The van der Waals surface area contributed by atoms with Gasteiger partial charge in [0.05, 0.1) is 21.3 Å². The van der Waals surface area contributed by atoms with Crippen molar-refractivity contribution in [1.82, 2.24) is 0 Å². The zero-order chi connectivity index (χ0) is 22.5. The smallest absolute Gasteiger partial charge is 0.306 e. The number of nitrogens with one attached hydrogen (secondary N) is 1. The second-order valence-corrected chi connectivity index (χ2v) is 7.59. The molecule has 7 nitrogen and oxygen atoms in total. The predicted octanol–water partition coefficient (Wildman–Crippen LogP) is 5.60. The Hall–Kier alpha value is -3.03. The number of carbonyl (C=O) groups is 3. The van der Waals surface area contributed by atoms with Crippen molar-refractivity contribution in [3.8, 4) is 0 Å². The highest BCUT2D eigenvalue weighted by molar-refractivity contribution is 6.40. The number of carboxylic acid groups (broad SMARTS) is 1. The molecule has 0 unspecified atom stereocenters. The lowest BCUT2D eigenvalue weighted by molar-refractivity contribution is -0.145. The summed E-state index contributed by atoms with van der Waals surface area (Å²) in [5.41, 5.74) is 1.66. The molecule has 0 bridgehead atoms. The van der Waals surface area contributed by atoms with Gasteiger partial charge in [-0.25, -0.2) is 0 Å². The maximum absolute atomic E-state index is 12.7. The van der Waals surface area contributed by atoms with Crippen LogP contribution in [0.2, 0.25) is 10.0 Å². The van der Waals surface area contributed by atoms with E-state index < -0.39 is 17.8 Å². The lowest BCUT2D eigenvalue weighted by Crippen LogP contribution is -2.13. The topological polar surface area (TPSA) is 106 Å². The fourth-order valence-corrected chi connectivity index (χ4v) is 3.64. The zero-order valence-electron chi connectivity index (χ0n) is 16.5. The summed E-state index contributed by atoms with van der Waals surface area (Å²) in [6, 6.07) is 9.99. The van der Waals surface area contributed by atoms with Gasteiger partial charge in [0, 0.05) is 23.8 Å². The molecule has 3 rings (SSSR count). The molecule has 0 aliphatic carbocycles. The number of esters is 1. The summed E-state index contributed by atoms with van der Waals surface area (Å²) >= 11 is 12.2. The van der Waals surface area contributed by atoms with Crippen LogP contribution in [0.25, 0.3) is 11.0 Å². The Balaban J connectivity index is 1.78. The maximum atomic E-state index is 12.7. The maximum Gasteiger partial charge on any atom is 0.306 e. The Morgan fingerprint density at radius 2 is 1.74 bits per heavy atom. The molecule has 2 N–H and O–H groups in total. The van der Waals surface area contributed by atoms with E-state index >= 15 is 0 Å². The molecular formula is C22H19Cl2NO6. The van der Waals surface area contributed by atoms with E-state index in [0.717, 1.165) is 0 Å². The number of anilines is 1. The summed E-state index contributed by atoms with van der Waals surface area (Å²) < 4.78 is 11.1. The van der Waals surface area contributed by atoms with Gasteiger partial charge in [0.25, 0.3) is 5.91 Å². The number of carboxylic acids is 1. The number of para-hydroxylation sites is 1. The van der Waals surface area contributed by atoms with Crippen LogP contribution < -0.4 is 5.32 Å². The van der Waals surface area contributed by atoms with Crippen molar-refractivity contribution in [3.05, 3.63) is 63.3 Å². The Morgan fingerprint density at radius 1 is 1.06 bits per heavy atom. The number of furan rings is 1. The van der Waals surface area contributed by atoms with E-state index in [9.17, 15) is 14.4 Å². The average Bonchev–Trinajstić information content (AvgIpc) is 3.02. The first-order valence-corrected chi connectivity index (χ1v) is 10.2. The molecule has 162 valence electrons. The standard InChI is InChI=1S/C22H19Cl2NO6/c1-12-14(11-30-19(28)10-4-9-18(26)27)13-5-2-8-17(21(13)31-12)25-22(29)20-15(23)6-3-7-16(20)24/h2-3,5-8H,4,9-11H2,1H3,(H,25,29)(H,26,27). The normalized spacial score (nSPS) is 10.8. The number of halogens is 2. The third-order valence-corrected chi connectivity index (χ3v) is 5.24. The molecular weight excluding hydrogens is 445 g/mol. The molecule has 9 heteroatoms. The molecule has 31 heavy (non-hydrogen) atoms. The summed E-state index contributed by atoms with van der Waals surface area (Å²) in [6.07, 6.45) is 0.127.